The van der Waals surface area contributed by atoms with Crippen molar-refractivity contribution in [1.82, 2.24) is 5.32 Å². The van der Waals surface area contributed by atoms with Crippen molar-refractivity contribution in [2.24, 2.45) is 0 Å². The molecule has 0 fully saturated rings. The van der Waals surface area contributed by atoms with Gasteiger partial charge in [0.25, 0.3) is 0 Å². The highest BCUT2D eigenvalue weighted by Gasteiger charge is 2.34. The fourth-order valence-electron chi connectivity index (χ4n) is 1.59. The summed E-state index contributed by atoms with van der Waals surface area (Å²) in [5.74, 6) is -1.24. The second-order valence-electron chi connectivity index (χ2n) is 4.50. The van der Waals surface area contributed by atoms with E-state index in [1.165, 1.54) is 7.11 Å². The number of amides is 1. The van der Waals surface area contributed by atoms with Crippen LogP contribution >= 0.6 is 0 Å². The van der Waals surface area contributed by atoms with E-state index in [1.807, 2.05) is 6.92 Å². The predicted octanol–water partition coefficient (Wildman–Crippen LogP) is 0.269. The first-order valence-electron chi connectivity index (χ1n) is 5.72. The first kappa shape index (κ1) is 16.9. The van der Waals surface area contributed by atoms with Crippen LogP contribution in [-0.4, -0.2) is 45.0 Å². The fourth-order valence-corrected chi connectivity index (χ4v) is 2.15. The largest absolute Gasteiger partial charge is 0.467 e. The van der Waals surface area contributed by atoms with Gasteiger partial charge in [-0.05, 0) is 13.3 Å². The molecule has 0 aromatic heterocycles. The summed E-state index contributed by atoms with van der Waals surface area (Å²) in [6.07, 6.45) is 2.03. The second-order valence-corrected chi connectivity index (χ2v) is 6.76. The molecule has 0 aliphatic carbocycles. The summed E-state index contributed by atoms with van der Waals surface area (Å²) in [5.41, 5.74) is -1.10. The molecule has 0 aliphatic rings. The Morgan fingerprint density at radius 1 is 1.33 bits per heavy atom. The Labute approximate surface area is 108 Å². The van der Waals surface area contributed by atoms with Gasteiger partial charge in [0.2, 0.25) is 5.91 Å². The molecule has 0 heterocycles. The van der Waals surface area contributed by atoms with Crippen molar-refractivity contribution in [2.75, 3.05) is 19.1 Å². The highest BCUT2D eigenvalue weighted by molar-refractivity contribution is 7.90. The van der Waals surface area contributed by atoms with E-state index in [2.05, 4.69) is 10.1 Å². The van der Waals surface area contributed by atoms with Gasteiger partial charge in [-0.15, -0.1) is 0 Å². The molecule has 0 spiro atoms. The maximum Gasteiger partial charge on any atom is 0.331 e. The van der Waals surface area contributed by atoms with Crippen molar-refractivity contribution in [1.29, 1.82) is 0 Å². The molecule has 0 saturated carbocycles. The SMILES string of the molecule is CCCC(C)(NC(=O)CCS(C)(=O)=O)C(=O)OC. The molecule has 0 rings (SSSR count). The van der Waals surface area contributed by atoms with E-state index >= 15 is 0 Å². The maximum atomic E-state index is 11.6. The maximum absolute atomic E-state index is 11.6. The normalized spacial score (nSPS) is 14.7. The number of esters is 1. The molecule has 0 saturated heterocycles. The molecule has 0 radical (unpaired) electrons. The summed E-state index contributed by atoms with van der Waals surface area (Å²) >= 11 is 0. The number of rotatable bonds is 7. The molecule has 0 aliphatic heterocycles. The van der Waals surface area contributed by atoms with Crippen LogP contribution in [0.2, 0.25) is 0 Å². The summed E-state index contributed by atoms with van der Waals surface area (Å²) in [7, 11) is -1.94. The van der Waals surface area contributed by atoms with Crippen LogP contribution in [-0.2, 0) is 24.2 Å². The molecule has 0 aromatic carbocycles. The Bertz CT molecular complexity index is 404. The number of sulfone groups is 1. The van der Waals surface area contributed by atoms with Crippen molar-refractivity contribution in [2.45, 2.75) is 38.6 Å². The van der Waals surface area contributed by atoms with E-state index in [9.17, 15) is 18.0 Å². The highest BCUT2D eigenvalue weighted by atomic mass is 32.2. The first-order chi connectivity index (χ1) is 8.14. The van der Waals surface area contributed by atoms with Gasteiger partial charge >= 0.3 is 5.97 Å². The predicted molar refractivity (Wildman–Crippen MR) is 67.8 cm³/mol. The quantitative estimate of drug-likeness (QED) is 0.676. The van der Waals surface area contributed by atoms with Crippen LogP contribution in [0.1, 0.15) is 33.1 Å². The van der Waals surface area contributed by atoms with Crippen molar-refractivity contribution >= 4 is 21.7 Å². The molecule has 7 heteroatoms. The minimum atomic E-state index is -3.19. The van der Waals surface area contributed by atoms with Gasteiger partial charge in [-0.3, -0.25) is 4.79 Å². The van der Waals surface area contributed by atoms with E-state index in [1.54, 1.807) is 6.92 Å². The van der Waals surface area contributed by atoms with Crippen molar-refractivity contribution < 1.29 is 22.7 Å². The van der Waals surface area contributed by atoms with Crippen LogP contribution in [0.15, 0.2) is 0 Å². The van der Waals surface area contributed by atoms with Gasteiger partial charge in [-0.2, -0.15) is 0 Å². The number of hydrogen-bond acceptors (Lipinski definition) is 5. The third-order valence-corrected chi connectivity index (χ3v) is 3.45. The van der Waals surface area contributed by atoms with Gasteiger partial charge in [-0.1, -0.05) is 13.3 Å². The summed E-state index contributed by atoms with van der Waals surface area (Å²) in [6, 6.07) is 0. The third-order valence-electron chi connectivity index (χ3n) is 2.50. The van der Waals surface area contributed by atoms with E-state index in [0.717, 1.165) is 6.26 Å². The zero-order chi connectivity index (χ0) is 14.4. The number of ether oxygens (including phenoxy) is 1. The van der Waals surface area contributed by atoms with Crippen LogP contribution in [0.5, 0.6) is 0 Å². The van der Waals surface area contributed by atoms with Crippen molar-refractivity contribution in [3.05, 3.63) is 0 Å². The Morgan fingerprint density at radius 2 is 1.89 bits per heavy atom. The Hall–Kier alpha value is -1.11. The standard InChI is InChI=1S/C11H21NO5S/c1-5-7-11(2,10(14)17-3)12-9(13)6-8-18(4,15)16/h5-8H2,1-4H3,(H,12,13). The fraction of sp³-hybridized carbons (Fsp3) is 0.818. The summed E-state index contributed by atoms with van der Waals surface area (Å²) in [6.45, 7) is 3.45. The molecule has 0 bridgehead atoms. The minimum absolute atomic E-state index is 0.158. The summed E-state index contributed by atoms with van der Waals surface area (Å²) < 4.78 is 26.5. The molecule has 18 heavy (non-hydrogen) atoms. The lowest BCUT2D eigenvalue weighted by atomic mass is 9.96. The van der Waals surface area contributed by atoms with Crippen molar-refractivity contribution in [3.63, 3.8) is 0 Å². The van der Waals surface area contributed by atoms with Crippen LogP contribution in [0.3, 0.4) is 0 Å². The molecular formula is C11H21NO5S. The lowest BCUT2D eigenvalue weighted by Gasteiger charge is -2.27. The van der Waals surface area contributed by atoms with E-state index in [0.29, 0.717) is 12.8 Å². The average molecular weight is 279 g/mol. The monoisotopic (exact) mass is 279 g/mol. The summed E-state index contributed by atoms with van der Waals surface area (Å²) in [4.78, 5) is 23.2. The summed E-state index contributed by atoms with van der Waals surface area (Å²) in [5, 5.41) is 2.54. The average Bonchev–Trinajstić information content (AvgIpc) is 2.24. The number of carbonyl (C=O) groups is 2. The lowest BCUT2D eigenvalue weighted by molar-refractivity contribution is -0.150. The second kappa shape index (κ2) is 6.72. The molecule has 1 N–H and O–H groups in total. The van der Waals surface area contributed by atoms with Gasteiger partial charge in [0.05, 0.1) is 12.9 Å². The van der Waals surface area contributed by atoms with Gasteiger partial charge in [0, 0.05) is 12.7 Å². The van der Waals surface area contributed by atoms with Crippen LogP contribution in [0.4, 0.5) is 0 Å². The van der Waals surface area contributed by atoms with Gasteiger partial charge < -0.3 is 10.1 Å². The number of nitrogens with one attached hydrogen (secondary N) is 1. The number of methoxy groups -OCH3 is 1. The Morgan fingerprint density at radius 3 is 2.28 bits per heavy atom. The first-order valence-corrected chi connectivity index (χ1v) is 7.78. The molecule has 1 atom stereocenters. The zero-order valence-corrected chi connectivity index (χ0v) is 12.1. The molecule has 106 valence electrons. The van der Waals surface area contributed by atoms with Gasteiger partial charge in [0.1, 0.15) is 15.4 Å². The van der Waals surface area contributed by atoms with Crippen LogP contribution in [0, 0.1) is 0 Å². The van der Waals surface area contributed by atoms with E-state index in [-0.39, 0.29) is 12.2 Å². The molecule has 6 nitrogen and oxygen atoms in total. The highest BCUT2D eigenvalue weighted by Crippen LogP contribution is 2.14. The third kappa shape index (κ3) is 6.00. The molecule has 1 amide bonds. The lowest BCUT2D eigenvalue weighted by Crippen LogP contribution is -2.52. The van der Waals surface area contributed by atoms with Gasteiger partial charge in [-0.25, -0.2) is 13.2 Å². The smallest absolute Gasteiger partial charge is 0.331 e. The molecule has 0 aromatic rings. The number of carbonyl (C=O) groups excluding carboxylic acids is 2. The molecular weight excluding hydrogens is 258 g/mol. The number of hydrogen-bond donors (Lipinski definition) is 1. The van der Waals surface area contributed by atoms with E-state index in [4.69, 9.17) is 0 Å². The van der Waals surface area contributed by atoms with E-state index < -0.39 is 27.3 Å². The van der Waals surface area contributed by atoms with Gasteiger partial charge in [0.15, 0.2) is 0 Å². The zero-order valence-electron chi connectivity index (χ0n) is 11.3. The van der Waals surface area contributed by atoms with Crippen LogP contribution < -0.4 is 5.32 Å². The Kier molecular flexibility index (Phi) is 6.31. The minimum Gasteiger partial charge on any atom is -0.467 e. The topological polar surface area (TPSA) is 89.5 Å². The Balaban J connectivity index is 4.60. The molecule has 1 unspecified atom stereocenters. The van der Waals surface area contributed by atoms with Crippen molar-refractivity contribution in [3.8, 4) is 0 Å². The van der Waals surface area contributed by atoms with Crippen LogP contribution in [0.25, 0.3) is 0 Å².